The third-order valence-corrected chi connectivity index (χ3v) is 5.60. The second kappa shape index (κ2) is 8.31. The fourth-order valence-corrected chi connectivity index (χ4v) is 4.13. The van der Waals surface area contributed by atoms with Crippen LogP contribution in [0.2, 0.25) is 0 Å². The minimum Gasteiger partial charge on any atom is -0.507 e. The van der Waals surface area contributed by atoms with Gasteiger partial charge in [-0.15, -0.1) is 0 Å². The van der Waals surface area contributed by atoms with E-state index in [0.717, 1.165) is 24.0 Å². The van der Waals surface area contributed by atoms with Gasteiger partial charge in [0.25, 0.3) is 0 Å². The molecule has 2 aromatic rings. The summed E-state index contributed by atoms with van der Waals surface area (Å²) in [6.45, 7) is 20.0. The van der Waals surface area contributed by atoms with E-state index in [1.54, 1.807) is 0 Å². The van der Waals surface area contributed by atoms with Crippen molar-refractivity contribution < 1.29 is 5.11 Å². The van der Waals surface area contributed by atoms with E-state index in [1.165, 1.54) is 40.7 Å². The minimum atomic E-state index is -0.0704. The number of hydrogen-bond acceptors (Lipinski definition) is 1. The quantitative estimate of drug-likeness (QED) is 0.568. The third kappa shape index (κ3) is 5.19. The summed E-state index contributed by atoms with van der Waals surface area (Å²) in [5, 5.41) is 11.1. The molecule has 0 aromatic heterocycles. The highest BCUT2D eigenvalue weighted by molar-refractivity contribution is 5.51. The first-order chi connectivity index (χ1) is 12.8. The molecule has 0 saturated carbocycles. The summed E-state index contributed by atoms with van der Waals surface area (Å²) >= 11 is 0. The van der Waals surface area contributed by atoms with Gasteiger partial charge in [-0.05, 0) is 65.3 Å². The fraction of sp³-hybridized carbons (Fsp3) is 0.556. The highest BCUT2D eigenvalue weighted by Crippen LogP contribution is 2.37. The molecule has 0 aliphatic carbocycles. The molecule has 0 aliphatic heterocycles. The van der Waals surface area contributed by atoms with E-state index >= 15 is 0 Å². The standard InChI is InChI=1S/C27H40O/c1-10-11-12-22-20(13-18(2)15-23(22)26(4,5)6)17-21-14-19(3)16-24(25(21)28)27(7,8)9/h13-16,28H,10-12,17H2,1-9H3. The van der Waals surface area contributed by atoms with Crippen LogP contribution in [0, 0.1) is 13.8 Å². The maximum Gasteiger partial charge on any atom is 0.122 e. The molecule has 0 saturated heterocycles. The van der Waals surface area contributed by atoms with Crippen molar-refractivity contribution in [3.63, 3.8) is 0 Å². The van der Waals surface area contributed by atoms with Crippen molar-refractivity contribution in [2.24, 2.45) is 0 Å². The fourth-order valence-electron chi connectivity index (χ4n) is 4.13. The molecule has 28 heavy (non-hydrogen) atoms. The first-order valence-corrected chi connectivity index (χ1v) is 10.8. The maximum atomic E-state index is 11.1. The van der Waals surface area contributed by atoms with Crippen LogP contribution in [0.15, 0.2) is 24.3 Å². The van der Waals surface area contributed by atoms with E-state index in [4.69, 9.17) is 0 Å². The molecule has 0 amide bonds. The topological polar surface area (TPSA) is 20.2 Å². The predicted octanol–water partition coefficient (Wildman–Crippen LogP) is 7.54. The van der Waals surface area contributed by atoms with E-state index in [0.29, 0.717) is 5.75 Å². The molecule has 0 aliphatic rings. The highest BCUT2D eigenvalue weighted by Gasteiger charge is 2.24. The van der Waals surface area contributed by atoms with Gasteiger partial charge >= 0.3 is 0 Å². The number of phenols is 1. The van der Waals surface area contributed by atoms with Crippen LogP contribution in [-0.2, 0) is 23.7 Å². The Kier molecular flexibility index (Phi) is 6.69. The van der Waals surface area contributed by atoms with Gasteiger partial charge in [0.1, 0.15) is 5.75 Å². The SMILES string of the molecule is CCCCc1c(Cc2cc(C)cc(C(C)(C)C)c2O)cc(C)cc1C(C)(C)C. The smallest absolute Gasteiger partial charge is 0.122 e. The second-order valence-electron chi connectivity index (χ2n) is 10.6. The lowest BCUT2D eigenvalue weighted by Crippen LogP contribution is -2.17. The average Bonchev–Trinajstić information content (AvgIpc) is 2.54. The number of hydrogen-bond donors (Lipinski definition) is 1. The van der Waals surface area contributed by atoms with Gasteiger partial charge < -0.3 is 5.11 Å². The summed E-state index contributed by atoms with van der Waals surface area (Å²) < 4.78 is 0. The van der Waals surface area contributed by atoms with Gasteiger partial charge in [-0.25, -0.2) is 0 Å². The lowest BCUT2D eigenvalue weighted by molar-refractivity contribution is 0.441. The van der Waals surface area contributed by atoms with Crippen molar-refractivity contribution in [2.75, 3.05) is 0 Å². The largest absolute Gasteiger partial charge is 0.507 e. The van der Waals surface area contributed by atoms with Crippen molar-refractivity contribution in [3.05, 3.63) is 63.2 Å². The Bertz CT molecular complexity index is 829. The summed E-state index contributed by atoms with van der Waals surface area (Å²) in [7, 11) is 0. The Morgan fingerprint density at radius 3 is 1.75 bits per heavy atom. The first kappa shape index (κ1) is 22.5. The molecule has 2 rings (SSSR count). The summed E-state index contributed by atoms with van der Waals surface area (Å²) in [5.41, 5.74) is 8.99. The molecule has 0 spiro atoms. The number of benzene rings is 2. The number of unbranched alkanes of at least 4 members (excludes halogenated alkanes) is 1. The van der Waals surface area contributed by atoms with Gasteiger partial charge in [0.05, 0.1) is 0 Å². The molecule has 1 heteroatoms. The van der Waals surface area contributed by atoms with E-state index in [9.17, 15) is 5.11 Å². The Balaban J connectivity index is 2.63. The molecule has 0 unspecified atom stereocenters. The third-order valence-electron chi connectivity index (χ3n) is 5.60. The van der Waals surface area contributed by atoms with Crippen molar-refractivity contribution in [3.8, 4) is 5.75 Å². The average molecular weight is 381 g/mol. The van der Waals surface area contributed by atoms with E-state index in [1.807, 2.05) is 0 Å². The van der Waals surface area contributed by atoms with E-state index in [-0.39, 0.29) is 10.8 Å². The van der Waals surface area contributed by atoms with Crippen molar-refractivity contribution >= 4 is 0 Å². The van der Waals surface area contributed by atoms with Crippen LogP contribution in [0.5, 0.6) is 5.75 Å². The molecule has 0 bridgehead atoms. The van der Waals surface area contributed by atoms with Crippen molar-refractivity contribution in [1.82, 2.24) is 0 Å². The van der Waals surface area contributed by atoms with Gasteiger partial charge in [-0.3, -0.25) is 0 Å². The van der Waals surface area contributed by atoms with Crippen molar-refractivity contribution in [1.29, 1.82) is 0 Å². The van der Waals surface area contributed by atoms with E-state index in [2.05, 4.69) is 86.6 Å². The molecule has 0 heterocycles. The summed E-state index contributed by atoms with van der Waals surface area (Å²) in [6.07, 6.45) is 4.30. The molecule has 0 fully saturated rings. The van der Waals surface area contributed by atoms with Crippen LogP contribution in [0.3, 0.4) is 0 Å². The molecule has 2 aromatic carbocycles. The number of phenolic OH excluding ortho intramolecular Hbond substituents is 1. The number of aryl methyl sites for hydroxylation is 2. The lowest BCUT2D eigenvalue weighted by atomic mass is 9.78. The summed E-state index contributed by atoms with van der Waals surface area (Å²) in [5.74, 6) is 0.471. The first-order valence-electron chi connectivity index (χ1n) is 10.8. The summed E-state index contributed by atoms with van der Waals surface area (Å²) in [4.78, 5) is 0. The van der Waals surface area contributed by atoms with Crippen LogP contribution < -0.4 is 0 Å². The Hall–Kier alpha value is -1.76. The van der Waals surface area contributed by atoms with Crippen LogP contribution in [-0.4, -0.2) is 5.11 Å². The Morgan fingerprint density at radius 2 is 1.25 bits per heavy atom. The van der Waals surface area contributed by atoms with Crippen LogP contribution in [0.4, 0.5) is 0 Å². The summed E-state index contributed by atoms with van der Waals surface area (Å²) in [6, 6.07) is 8.99. The monoisotopic (exact) mass is 380 g/mol. The molecule has 1 N–H and O–H groups in total. The molecular formula is C27H40O. The minimum absolute atomic E-state index is 0.0704. The maximum absolute atomic E-state index is 11.1. The van der Waals surface area contributed by atoms with Gasteiger partial charge in [0, 0.05) is 6.42 Å². The van der Waals surface area contributed by atoms with Gasteiger partial charge in [0.2, 0.25) is 0 Å². The predicted molar refractivity (Wildman–Crippen MR) is 123 cm³/mol. The van der Waals surface area contributed by atoms with Crippen LogP contribution in [0.25, 0.3) is 0 Å². The molecular weight excluding hydrogens is 340 g/mol. The van der Waals surface area contributed by atoms with Crippen LogP contribution >= 0.6 is 0 Å². The Morgan fingerprint density at radius 1 is 0.750 bits per heavy atom. The zero-order chi connectivity index (χ0) is 21.3. The Labute approximate surface area is 173 Å². The highest BCUT2D eigenvalue weighted by atomic mass is 16.3. The van der Waals surface area contributed by atoms with Gasteiger partial charge in [-0.2, -0.15) is 0 Å². The van der Waals surface area contributed by atoms with Crippen LogP contribution in [0.1, 0.15) is 100 Å². The normalized spacial score (nSPS) is 12.5. The molecule has 154 valence electrons. The van der Waals surface area contributed by atoms with E-state index < -0.39 is 0 Å². The second-order valence-corrected chi connectivity index (χ2v) is 10.6. The van der Waals surface area contributed by atoms with Crippen molar-refractivity contribution in [2.45, 2.75) is 98.8 Å². The van der Waals surface area contributed by atoms with Gasteiger partial charge in [-0.1, -0.05) is 90.3 Å². The number of rotatable bonds is 5. The molecule has 0 atom stereocenters. The zero-order valence-corrected chi connectivity index (χ0v) is 19.6. The molecule has 0 radical (unpaired) electrons. The zero-order valence-electron chi connectivity index (χ0n) is 19.6. The van der Waals surface area contributed by atoms with Gasteiger partial charge in [0.15, 0.2) is 0 Å². The number of aromatic hydroxyl groups is 1. The lowest BCUT2D eigenvalue weighted by Gasteiger charge is -2.27. The molecule has 1 nitrogen and oxygen atoms in total.